The number of benzene rings is 1. The summed E-state index contributed by atoms with van der Waals surface area (Å²) in [5, 5.41) is 2.59. The highest BCUT2D eigenvalue weighted by atomic mass is 35.7. The summed E-state index contributed by atoms with van der Waals surface area (Å²) in [7, 11) is 0.658. The van der Waals surface area contributed by atoms with E-state index < -0.39 is 37.1 Å². The van der Waals surface area contributed by atoms with Crippen molar-refractivity contribution in [2.24, 2.45) is 0 Å². The number of hydrogen-bond donors (Lipinski definition) is 1. The van der Waals surface area contributed by atoms with Crippen molar-refractivity contribution >= 4 is 25.6 Å². The van der Waals surface area contributed by atoms with Crippen LogP contribution in [-0.2, 0) is 9.05 Å². The number of carbonyl (C=O) groups excluding carboxylic acids is 1. The molecule has 0 spiro atoms. The fraction of sp³-hybridized carbons (Fsp3) is 0.417. The molecule has 0 atom stereocenters. The van der Waals surface area contributed by atoms with Crippen LogP contribution in [0, 0.1) is 11.6 Å². The molecule has 0 unspecified atom stereocenters. The Morgan fingerprint density at radius 1 is 1.20 bits per heavy atom. The molecule has 1 saturated carbocycles. The van der Waals surface area contributed by atoms with Crippen molar-refractivity contribution in [3.8, 4) is 0 Å². The third-order valence-corrected chi connectivity index (χ3v) is 4.56. The summed E-state index contributed by atoms with van der Waals surface area (Å²) in [6.07, 6.45) is 3.51. The first-order valence-electron chi connectivity index (χ1n) is 6.03. The van der Waals surface area contributed by atoms with Gasteiger partial charge in [0.25, 0.3) is 15.0 Å². The van der Waals surface area contributed by atoms with E-state index in [1.54, 1.807) is 0 Å². The topological polar surface area (TPSA) is 63.2 Å². The summed E-state index contributed by atoms with van der Waals surface area (Å²) in [5.41, 5.74) is -0.530. The van der Waals surface area contributed by atoms with Gasteiger partial charge < -0.3 is 5.32 Å². The lowest BCUT2D eigenvalue weighted by atomic mass is 10.1. The summed E-state index contributed by atoms with van der Waals surface area (Å²) in [6.45, 7) is 0. The van der Waals surface area contributed by atoms with Crippen LogP contribution in [0.25, 0.3) is 0 Å². The number of amides is 1. The molecule has 0 aliphatic heterocycles. The SMILES string of the molecule is O=C(NC1CCCC1)c1cc(S(=O)(=O)Cl)c(F)cc1F. The van der Waals surface area contributed by atoms with E-state index in [0.717, 1.165) is 25.7 Å². The number of carbonyl (C=O) groups is 1. The molecule has 8 heteroatoms. The monoisotopic (exact) mass is 323 g/mol. The molecule has 1 aliphatic carbocycles. The zero-order valence-electron chi connectivity index (χ0n) is 10.3. The van der Waals surface area contributed by atoms with E-state index in [4.69, 9.17) is 10.7 Å². The van der Waals surface area contributed by atoms with Crippen LogP contribution >= 0.6 is 10.7 Å². The first-order chi connectivity index (χ1) is 9.29. The van der Waals surface area contributed by atoms with E-state index in [1.165, 1.54) is 0 Å². The van der Waals surface area contributed by atoms with Crippen molar-refractivity contribution in [2.45, 2.75) is 36.6 Å². The molecule has 1 amide bonds. The van der Waals surface area contributed by atoms with Gasteiger partial charge in [-0.05, 0) is 18.9 Å². The summed E-state index contributed by atoms with van der Waals surface area (Å²) in [6, 6.07) is 0.902. The van der Waals surface area contributed by atoms with Gasteiger partial charge in [-0.15, -0.1) is 0 Å². The van der Waals surface area contributed by atoms with Crippen LogP contribution in [0.15, 0.2) is 17.0 Å². The Morgan fingerprint density at radius 2 is 1.80 bits per heavy atom. The Labute approximate surface area is 119 Å². The number of halogens is 3. The largest absolute Gasteiger partial charge is 0.349 e. The van der Waals surface area contributed by atoms with Crippen LogP contribution < -0.4 is 5.32 Å². The second-order valence-corrected chi connectivity index (χ2v) is 7.19. The van der Waals surface area contributed by atoms with Crippen LogP contribution in [0.2, 0.25) is 0 Å². The molecule has 1 aromatic rings. The first kappa shape index (κ1) is 15.2. The predicted octanol–water partition coefficient (Wildman–Crippen LogP) is 2.56. The zero-order chi connectivity index (χ0) is 14.9. The van der Waals surface area contributed by atoms with Crippen molar-refractivity contribution in [3.63, 3.8) is 0 Å². The molecule has 0 radical (unpaired) electrons. The maximum Gasteiger partial charge on any atom is 0.264 e. The second kappa shape index (κ2) is 5.65. The molecule has 2 rings (SSSR count). The fourth-order valence-electron chi connectivity index (χ4n) is 2.22. The minimum absolute atomic E-state index is 0.0667. The van der Waals surface area contributed by atoms with Gasteiger partial charge in [0.05, 0.1) is 5.56 Å². The average molecular weight is 324 g/mol. The van der Waals surface area contributed by atoms with Gasteiger partial charge in [0, 0.05) is 22.8 Å². The Morgan fingerprint density at radius 3 is 2.35 bits per heavy atom. The Bertz CT molecular complexity index is 642. The van der Waals surface area contributed by atoms with Crippen LogP contribution in [0.1, 0.15) is 36.0 Å². The maximum absolute atomic E-state index is 13.6. The van der Waals surface area contributed by atoms with Gasteiger partial charge in [-0.1, -0.05) is 12.8 Å². The van der Waals surface area contributed by atoms with Crippen molar-refractivity contribution in [3.05, 3.63) is 29.3 Å². The second-order valence-electron chi connectivity index (χ2n) is 4.66. The molecular weight excluding hydrogens is 312 g/mol. The Balaban J connectivity index is 2.33. The standard InChI is InChI=1S/C12H12ClF2NO3S/c13-20(18,19)11-5-8(9(14)6-10(11)15)12(17)16-7-3-1-2-4-7/h5-7H,1-4H2,(H,16,17). The number of nitrogens with one attached hydrogen (secondary N) is 1. The van der Waals surface area contributed by atoms with Crippen LogP contribution in [0.5, 0.6) is 0 Å². The number of hydrogen-bond acceptors (Lipinski definition) is 3. The molecule has 4 nitrogen and oxygen atoms in total. The quantitative estimate of drug-likeness (QED) is 0.870. The molecule has 0 heterocycles. The molecule has 1 aliphatic rings. The fourth-order valence-corrected chi connectivity index (χ4v) is 3.13. The van der Waals surface area contributed by atoms with E-state index >= 15 is 0 Å². The third-order valence-electron chi connectivity index (χ3n) is 3.22. The van der Waals surface area contributed by atoms with Gasteiger partial charge in [-0.3, -0.25) is 4.79 Å². The molecule has 0 saturated heterocycles. The molecule has 1 fully saturated rings. The molecule has 1 aromatic carbocycles. The summed E-state index contributed by atoms with van der Waals surface area (Å²) < 4.78 is 49.3. The minimum atomic E-state index is -4.38. The maximum atomic E-state index is 13.6. The van der Waals surface area contributed by atoms with Crippen LogP contribution in [-0.4, -0.2) is 20.4 Å². The molecule has 110 valence electrons. The molecular formula is C12H12ClF2NO3S. The van der Waals surface area contributed by atoms with Gasteiger partial charge in [-0.25, -0.2) is 17.2 Å². The molecule has 0 aromatic heterocycles. The smallest absolute Gasteiger partial charge is 0.264 e. The van der Waals surface area contributed by atoms with Gasteiger partial charge in [0.1, 0.15) is 16.5 Å². The lowest BCUT2D eigenvalue weighted by molar-refractivity contribution is 0.0933. The van der Waals surface area contributed by atoms with Gasteiger partial charge >= 0.3 is 0 Å². The van der Waals surface area contributed by atoms with Crippen molar-refractivity contribution < 1.29 is 22.0 Å². The van der Waals surface area contributed by atoms with Gasteiger partial charge in [0.15, 0.2) is 0 Å². The van der Waals surface area contributed by atoms with Crippen molar-refractivity contribution in [1.82, 2.24) is 5.32 Å². The highest BCUT2D eigenvalue weighted by molar-refractivity contribution is 8.13. The summed E-state index contributed by atoms with van der Waals surface area (Å²) >= 11 is 0. The lowest BCUT2D eigenvalue weighted by Gasteiger charge is -2.13. The van der Waals surface area contributed by atoms with E-state index in [2.05, 4.69) is 5.32 Å². The van der Waals surface area contributed by atoms with E-state index in [0.29, 0.717) is 12.1 Å². The highest BCUT2D eigenvalue weighted by Gasteiger charge is 2.24. The normalized spacial score (nSPS) is 16.4. The van der Waals surface area contributed by atoms with Crippen molar-refractivity contribution in [1.29, 1.82) is 0 Å². The minimum Gasteiger partial charge on any atom is -0.349 e. The van der Waals surface area contributed by atoms with Gasteiger partial charge in [-0.2, -0.15) is 0 Å². The van der Waals surface area contributed by atoms with E-state index in [9.17, 15) is 22.0 Å². The summed E-state index contributed by atoms with van der Waals surface area (Å²) in [4.78, 5) is 11.0. The van der Waals surface area contributed by atoms with E-state index in [1.807, 2.05) is 0 Å². The third kappa shape index (κ3) is 3.27. The predicted molar refractivity (Wildman–Crippen MR) is 69.1 cm³/mol. The highest BCUT2D eigenvalue weighted by Crippen LogP contribution is 2.24. The van der Waals surface area contributed by atoms with Crippen molar-refractivity contribution in [2.75, 3.05) is 0 Å². The lowest BCUT2D eigenvalue weighted by Crippen LogP contribution is -2.33. The average Bonchev–Trinajstić information content (AvgIpc) is 2.79. The van der Waals surface area contributed by atoms with Gasteiger partial charge in [0.2, 0.25) is 0 Å². The molecule has 1 N–H and O–H groups in total. The Hall–Kier alpha value is -1.21. The number of rotatable bonds is 3. The first-order valence-corrected chi connectivity index (χ1v) is 8.34. The zero-order valence-corrected chi connectivity index (χ0v) is 11.9. The van der Waals surface area contributed by atoms with E-state index in [-0.39, 0.29) is 6.04 Å². The molecule has 20 heavy (non-hydrogen) atoms. The van der Waals surface area contributed by atoms with Crippen LogP contribution in [0.3, 0.4) is 0 Å². The Kier molecular flexibility index (Phi) is 4.29. The van der Waals surface area contributed by atoms with Crippen LogP contribution in [0.4, 0.5) is 8.78 Å². The summed E-state index contributed by atoms with van der Waals surface area (Å²) in [5.74, 6) is -3.21. The molecule has 0 bridgehead atoms.